The van der Waals surface area contributed by atoms with Crippen molar-refractivity contribution in [2.75, 3.05) is 18.1 Å². The first kappa shape index (κ1) is 22.3. The monoisotopic (exact) mass is 433 g/mol. The average Bonchev–Trinajstić information content (AvgIpc) is 3.04. The second kappa shape index (κ2) is 8.76. The summed E-state index contributed by atoms with van der Waals surface area (Å²) in [6, 6.07) is 13.1. The number of halogens is 1. The summed E-state index contributed by atoms with van der Waals surface area (Å²) < 4.78 is 42.8. The molecule has 30 heavy (non-hydrogen) atoms. The number of sulfone groups is 1. The van der Waals surface area contributed by atoms with Crippen LogP contribution in [0, 0.1) is 5.82 Å². The summed E-state index contributed by atoms with van der Waals surface area (Å²) in [5.41, 5.74) is 1.92. The molecule has 7 heteroatoms. The van der Waals surface area contributed by atoms with E-state index in [1.165, 1.54) is 12.1 Å². The number of rotatable bonds is 6. The lowest BCUT2D eigenvalue weighted by molar-refractivity contribution is -0.136. The van der Waals surface area contributed by atoms with Crippen molar-refractivity contribution in [2.45, 2.75) is 45.2 Å². The minimum atomic E-state index is -3.15. The van der Waals surface area contributed by atoms with Gasteiger partial charge in [-0.15, -0.1) is 0 Å². The molecule has 1 atom stereocenters. The molecule has 1 fully saturated rings. The second-order valence-electron chi connectivity index (χ2n) is 8.77. The van der Waals surface area contributed by atoms with E-state index < -0.39 is 15.9 Å². The van der Waals surface area contributed by atoms with Crippen LogP contribution < -0.4 is 4.74 Å². The molecule has 162 valence electrons. The van der Waals surface area contributed by atoms with Crippen LogP contribution in [0.2, 0.25) is 0 Å². The topological polar surface area (TPSA) is 63.7 Å². The summed E-state index contributed by atoms with van der Waals surface area (Å²) in [4.78, 5) is 14.5. The molecule has 0 saturated carbocycles. The first-order chi connectivity index (χ1) is 14.0. The van der Waals surface area contributed by atoms with E-state index in [0.717, 1.165) is 11.1 Å². The third-order valence-corrected chi connectivity index (χ3v) is 7.07. The number of nitrogens with zero attached hydrogens (tertiary/aromatic N) is 1. The molecule has 0 spiro atoms. The second-order valence-corrected chi connectivity index (χ2v) is 11.0. The summed E-state index contributed by atoms with van der Waals surface area (Å²) >= 11 is 0. The van der Waals surface area contributed by atoms with Crippen molar-refractivity contribution in [1.29, 1.82) is 0 Å². The molecule has 1 amide bonds. The van der Waals surface area contributed by atoms with Crippen LogP contribution in [0.3, 0.4) is 0 Å². The lowest BCUT2D eigenvalue weighted by atomic mass is 9.87. The van der Waals surface area contributed by atoms with E-state index in [-0.39, 0.29) is 41.8 Å². The molecule has 2 aromatic rings. The number of ether oxygens (including phenoxy) is 1. The van der Waals surface area contributed by atoms with Gasteiger partial charge in [-0.1, -0.05) is 45.0 Å². The summed E-state index contributed by atoms with van der Waals surface area (Å²) in [6.45, 7) is 6.39. The molecule has 1 aliphatic heterocycles. The van der Waals surface area contributed by atoms with Crippen molar-refractivity contribution < 1.29 is 22.3 Å². The molecule has 1 aliphatic rings. The van der Waals surface area contributed by atoms with E-state index in [9.17, 15) is 17.6 Å². The highest BCUT2D eigenvalue weighted by atomic mass is 32.2. The molecule has 3 rings (SSSR count). The van der Waals surface area contributed by atoms with E-state index in [4.69, 9.17) is 4.74 Å². The largest absolute Gasteiger partial charge is 0.484 e. The van der Waals surface area contributed by atoms with Gasteiger partial charge in [0.15, 0.2) is 16.4 Å². The molecule has 0 aromatic heterocycles. The quantitative estimate of drug-likeness (QED) is 0.697. The van der Waals surface area contributed by atoms with Crippen molar-refractivity contribution in [2.24, 2.45) is 0 Å². The van der Waals surface area contributed by atoms with E-state index in [2.05, 4.69) is 20.8 Å². The van der Waals surface area contributed by atoms with E-state index in [0.29, 0.717) is 12.2 Å². The Labute approximate surface area is 177 Å². The van der Waals surface area contributed by atoms with Crippen molar-refractivity contribution >= 4 is 15.7 Å². The highest BCUT2D eigenvalue weighted by molar-refractivity contribution is 7.91. The number of hydrogen-bond donors (Lipinski definition) is 0. The Balaban J connectivity index is 1.70. The molecular formula is C23H28FNO4S. The molecule has 1 heterocycles. The SMILES string of the molecule is CC(C)(C)c1ccc(OCC(=O)N(Cc2ccc(F)cc2)[C@@H]2CCS(=O)(=O)C2)cc1. The van der Waals surface area contributed by atoms with Crippen LogP contribution in [0.4, 0.5) is 4.39 Å². The smallest absolute Gasteiger partial charge is 0.261 e. The highest BCUT2D eigenvalue weighted by Crippen LogP contribution is 2.25. The zero-order valence-corrected chi connectivity index (χ0v) is 18.4. The van der Waals surface area contributed by atoms with Crippen LogP contribution in [0.15, 0.2) is 48.5 Å². The lowest BCUT2D eigenvalue weighted by Gasteiger charge is -2.28. The predicted octanol–water partition coefficient (Wildman–Crippen LogP) is 3.72. The van der Waals surface area contributed by atoms with Gasteiger partial charge in [-0.25, -0.2) is 12.8 Å². The molecule has 0 N–H and O–H groups in total. The standard InChI is InChI=1S/C23H28FNO4S/c1-23(2,3)18-6-10-21(11-7-18)29-15-22(26)25(20-12-13-30(27,28)16-20)14-17-4-8-19(24)9-5-17/h4-11,20H,12-16H2,1-3H3/t20-/m1/s1. The maximum Gasteiger partial charge on any atom is 0.261 e. The number of carbonyl (C=O) groups is 1. The van der Waals surface area contributed by atoms with Gasteiger partial charge in [-0.2, -0.15) is 0 Å². The molecule has 0 aliphatic carbocycles. The van der Waals surface area contributed by atoms with Crippen molar-refractivity contribution in [3.8, 4) is 5.75 Å². The average molecular weight is 434 g/mol. The van der Waals surface area contributed by atoms with Gasteiger partial charge in [0.1, 0.15) is 11.6 Å². The normalized spacial score (nSPS) is 18.2. The maximum absolute atomic E-state index is 13.2. The minimum absolute atomic E-state index is 0.0221. The lowest BCUT2D eigenvalue weighted by Crippen LogP contribution is -2.43. The molecular weight excluding hydrogens is 405 g/mol. The summed E-state index contributed by atoms with van der Waals surface area (Å²) in [5.74, 6) is -0.0548. The van der Waals surface area contributed by atoms with Gasteiger partial charge in [0.05, 0.1) is 11.5 Å². The molecule has 2 aromatic carbocycles. The van der Waals surface area contributed by atoms with Gasteiger partial charge < -0.3 is 9.64 Å². The number of hydrogen-bond acceptors (Lipinski definition) is 4. The minimum Gasteiger partial charge on any atom is -0.484 e. The maximum atomic E-state index is 13.2. The molecule has 5 nitrogen and oxygen atoms in total. The first-order valence-corrected chi connectivity index (χ1v) is 11.8. The van der Waals surface area contributed by atoms with Gasteiger partial charge >= 0.3 is 0 Å². The first-order valence-electron chi connectivity index (χ1n) is 10.0. The van der Waals surface area contributed by atoms with Crippen molar-refractivity contribution in [1.82, 2.24) is 4.90 Å². The summed E-state index contributed by atoms with van der Waals surface area (Å²) in [5, 5.41) is 0. The van der Waals surface area contributed by atoms with Crippen LogP contribution in [0.1, 0.15) is 38.3 Å². The van der Waals surface area contributed by atoms with Crippen molar-refractivity contribution in [3.63, 3.8) is 0 Å². The Morgan fingerprint density at radius 3 is 2.27 bits per heavy atom. The Morgan fingerprint density at radius 2 is 1.73 bits per heavy atom. The van der Waals surface area contributed by atoms with Crippen LogP contribution >= 0.6 is 0 Å². The van der Waals surface area contributed by atoms with Gasteiger partial charge in [0.25, 0.3) is 5.91 Å². The van der Waals surface area contributed by atoms with E-state index in [1.54, 1.807) is 17.0 Å². The molecule has 1 saturated heterocycles. The summed E-state index contributed by atoms with van der Waals surface area (Å²) in [6.07, 6.45) is 0.398. The van der Waals surface area contributed by atoms with Crippen LogP contribution in [0.5, 0.6) is 5.75 Å². The molecule has 0 radical (unpaired) electrons. The zero-order chi connectivity index (χ0) is 21.9. The number of carbonyl (C=O) groups excluding carboxylic acids is 1. The zero-order valence-electron chi connectivity index (χ0n) is 17.6. The van der Waals surface area contributed by atoms with E-state index >= 15 is 0 Å². The van der Waals surface area contributed by atoms with Gasteiger partial charge in [0.2, 0.25) is 0 Å². The Hall–Kier alpha value is -2.41. The molecule has 0 unspecified atom stereocenters. The summed E-state index contributed by atoms with van der Waals surface area (Å²) in [7, 11) is -3.15. The molecule has 0 bridgehead atoms. The third-order valence-electron chi connectivity index (χ3n) is 5.32. The fraction of sp³-hybridized carbons (Fsp3) is 0.435. The van der Waals surface area contributed by atoms with Gasteiger partial charge in [0, 0.05) is 12.6 Å². The highest BCUT2D eigenvalue weighted by Gasteiger charge is 2.34. The number of amides is 1. The van der Waals surface area contributed by atoms with Gasteiger partial charge in [-0.05, 0) is 47.2 Å². The van der Waals surface area contributed by atoms with Crippen LogP contribution in [0.25, 0.3) is 0 Å². The van der Waals surface area contributed by atoms with Gasteiger partial charge in [-0.3, -0.25) is 4.79 Å². The predicted molar refractivity (Wildman–Crippen MR) is 115 cm³/mol. The van der Waals surface area contributed by atoms with Crippen LogP contribution in [-0.4, -0.2) is 43.4 Å². The fourth-order valence-electron chi connectivity index (χ4n) is 3.51. The Bertz CT molecular complexity index is 979. The number of benzene rings is 2. The third kappa shape index (κ3) is 5.81. The Morgan fingerprint density at radius 1 is 1.10 bits per heavy atom. The van der Waals surface area contributed by atoms with E-state index in [1.807, 2.05) is 24.3 Å². The fourth-order valence-corrected chi connectivity index (χ4v) is 5.24. The van der Waals surface area contributed by atoms with Crippen LogP contribution in [-0.2, 0) is 26.6 Å². The van der Waals surface area contributed by atoms with Crippen molar-refractivity contribution in [3.05, 3.63) is 65.5 Å². The Kier molecular flexibility index (Phi) is 6.50.